The van der Waals surface area contributed by atoms with Crippen LogP contribution in [0.3, 0.4) is 0 Å². The largest absolute Gasteiger partial charge is 0.379 e. The topological polar surface area (TPSA) is 46.2 Å². The molecule has 0 aliphatic carbocycles. The molecule has 1 aromatic carbocycles. The Labute approximate surface area is 129 Å². The molecule has 102 valence electrons. The smallest absolute Gasteiger partial charge is 0.175 e. The molecule has 1 N–H and O–H groups in total. The van der Waals surface area contributed by atoms with Crippen LogP contribution in [0.15, 0.2) is 39.0 Å². The molecule has 0 radical (unpaired) electrons. The fourth-order valence-electron chi connectivity index (χ4n) is 1.50. The van der Waals surface area contributed by atoms with Gasteiger partial charge in [-0.25, -0.2) is 8.42 Å². The fraction of sp³-hybridized carbons (Fsp3) is 0.167. The molecular formula is C12H11BrClNO2S2. The molecule has 0 atom stereocenters. The van der Waals surface area contributed by atoms with E-state index in [1.54, 1.807) is 23.5 Å². The minimum Gasteiger partial charge on any atom is -0.379 e. The Morgan fingerprint density at radius 1 is 1.37 bits per heavy atom. The number of hydrogen-bond donors (Lipinski definition) is 1. The molecule has 0 unspecified atom stereocenters. The highest BCUT2D eigenvalue weighted by Crippen LogP contribution is 2.28. The number of thiophene rings is 1. The molecule has 0 fully saturated rings. The van der Waals surface area contributed by atoms with Gasteiger partial charge >= 0.3 is 0 Å². The van der Waals surface area contributed by atoms with E-state index in [0.717, 1.165) is 9.35 Å². The van der Waals surface area contributed by atoms with Gasteiger partial charge in [0.05, 0.1) is 22.2 Å². The quantitative estimate of drug-likeness (QED) is 0.865. The van der Waals surface area contributed by atoms with E-state index in [1.807, 2.05) is 11.4 Å². The summed E-state index contributed by atoms with van der Waals surface area (Å²) in [5.41, 5.74) is 0.616. The Kier molecular flexibility index (Phi) is 4.55. The summed E-state index contributed by atoms with van der Waals surface area (Å²) in [5.74, 6) is 0. The van der Waals surface area contributed by atoms with Crippen LogP contribution in [0.5, 0.6) is 0 Å². The number of benzene rings is 1. The lowest BCUT2D eigenvalue weighted by molar-refractivity contribution is 0.602. The molecule has 0 aliphatic heterocycles. The molecule has 2 aromatic rings. The third-order valence-electron chi connectivity index (χ3n) is 2.50. The Balaban J connectivity index is 2.23. The van der Waals surface area contributed by atoms with Crippen molar-refractivity contribution in [1.29, 1.82) is 0 Å². The van der Waals surface area contributed by atoms with Gasteiger partial charge in [0.15, 0.2) is 9.84 Å². The SMILES string of the molecule is CS(=O)(=O)c1ccc(Cl)c(NCc2sccc2Br)c1. The van der Waals surface area contributed by atoms with Gasteiger partial charge in [0.2, 0.25) is 0 Å². The Morgan fingerprint density at radius 3 is 2.68 bits per heavy atom. The van der Waals surface area contributed by atoms with Gasteiger partial charge in [0, 0.05) is 15.6 Å². The molecule has 0 saturated carbocycles. The van der Waals surface area contributed by atoms with Gasteiger partial charge in [0.25, 0.3) is 0 Å². The normalized spacial score (nSPS) is 11.5. The second kappa shape index (κ2) is 5.83. The van der Waals surface area contributed by atoms with E-state index in [1.165, 1.54) is 12.3 Å². The predicted molar refractivity (Wildman–Crippen MR) is 83.9 cm³/mol. The molecule has 2 rings (SSSR count). The van der Waals surface area contributed by atoms with Gasteiger partial charge in [-0.15, -0.1) is 11.3 Å². The second-order valence-electron chi connectivity index (χ2n) is 3.96. The third kappa shape index (κ3) is 3.72. The first kappa shape index (κ1) is 14.8. The molecule has 1 aromatic heterocycles. The molecule has 0 saturated heterocycles. The van der Waals surface area contributed by atoms with Gasteiger partial charge in [-0.2, -0.15) is 0 Å². The molecular weight excluding hydrogens is 370 g/mol. The molecule has 0 spiro atoms. The Hall–Kier alpha value is -0.560. The van der Waals surface area contributed by atoms with Crippen molar-refractivity contribution < 1.29 is 8.42 Å². The number of sulfone groups is 1. The van der Waals surface area contributed by atoms with Crippen LogP contribution in [0, 0.1) is 0 Å². The van der Waals surface area contributed by atoms with Crippen LogP contribution in [-0.4, -0.2) is 14.7 Å². The summed E-state index contributed by atoms with van der Waals surface area (Å²) in [4.78, 5) is 1.38. The fourth-order valence-corrected chi connectivity index (χ4v) is 3.76. The van der Waals surface area contributed by atoms with Crippen molar-refractivity contribution in [2.75, 3.05) is 11.6 Å². The first-order chi connectivity index (χ1) is 8.88. The molecule has 19 heavy (non-hydrogen) atoms. The average Bonchev–Trinajstić information content (AvgIpc) is 2.72. The van der Waals surface area contributed by atoms with Crippen LogP contribution in [0.25, 0.3) is 0 Å². The second-order valence-corrected chi connectivity index (χ2v) is 8.24. The summed E-state index contributed by atoms with van der Waals surface area (Å²) in [6, 6.07) is 6.61. The van der Waals surface area contributed by atoms with Crippen molar-refractivity contribution in [3.8, 4) is 0 Å². The van der Waals surface area contributed by atoms with Crippen molar-refractivity contribution in [1.82, 2.24) is 0 Å². The Bertz CT molecular complexity index is 698. The first-order valence-corrected chi connectivity index (χ1v) is 9.27. The van der Waals surface area contributed by atoms with Crippen LogP contribution in [0.4, 0.5) is 5.69 Å². The van der Waals surface area contributed by atoms with Crippen molar-refractivity contribution in [3.05, 3.63) is 44.0 Å². The number of hydrogen-bond acceptors (Lipinski definition) is 4. The van der Waals surface area contributed by atoms with E-state index in [-0.39, 0.29) is 4.90 Å². The average molecular weight is 381 g/mol. The van der Waals surface area contributed by atoms with Crippen molar-refractivity contribution in [3.63, 3.8) is 0 Å². The van der Waals surface area contributed by atoms with Crippen LogP contribution in [0.2, 0.25) is 5.02 Å². The molecule has 0 aliphatic rings. The van der Waals surface area contributed by atoms with E-state index < -0.39 is 9.84 Å². The summed E-state index contributed by atoms with van der Waals surface area (Å²) in [6.45, 7) is 0.588. The summed E-state index contributed by atoms with van der Waals surface area (Å²) in [5, 5.41) is 5.63. The lowest BCUT2D eigenvalue weighted by Crippen LogP contribution is -2.02. The minimum absolute atomic E-state index is 0.254. The first-order valence-electron chi connectivity index (χ1n) is 5.33. The summed E-state index contributed by atoms with van der Waals surface area (Å²) in [6.07, 6.45) is 1.18. The highest BCUT2D eigenvalue weighted by molar-refractivity contribution is 9.10. The number of anilines is 1. The monoisotopic (exact) mass is 379 g/mol. The zero-order valence-electron chi connectivity index (χ0n) is 9.98. The van der Waals surface area contributed by atoms with Gasteiger partial charge in [-0.1, -0.05) is 11.6 Å². The standard InChI is InChI=1S/C12H11BrClNO2S2/c1-19(16,17)8-2-3-10(14)11(6-8)15-7-12-9(13)4-5-18-12/h2-6,15H,7H2,1H3. The third-order valence-corrected chi connectivity index (χ3v) is 5.86. The van der Waals surface area contributed by atoms with E-state index in [4.69, 9.17) is 11.6 Å². The molecule has 0 amide bonds. The number of nitrogens with one attached hydrogen (secondary N) is 1. The van der Waals surface area contributed by atoms with Crippen LogP contribution < -0.4 is 5.32 Å². The molecule has 3 nitrogen and oxygen atoms in total. The zero-order valence-corrected chi connectivity index (χ0v) is 14.0. The molecule has 0 bridgehead atoms. The van der Waals surface area contributed by atoms with Gasteiger partial charge in [-0.3, -0.25) is 0 Å². The van der Waals surface area contributed by atoms with Crippen molar-refractivity contribution >= 4 is 54.4 Å². The lowest BCUT2D eigenvalue weighted by Gasteiger charge is -2.09. The molecule has 7 heteroatoms. The van der Waals surface area contributed by atoms with Crippen molar-refractivity contribution in [2.24, 2.45) is 0 Å². The number of halogens is 2. The number of rotatable bonds is 4. The predicted octanol–water partition coefficient (Wildman–Crippen LogP) is 4.18. The summed E-state index contributed by atoms with van der Waals surface area (Å²) >= 11 is 11.1. The van der Waals surface area contributed by atoms with Gasteiger partial charge < -0.3 is 5.32 Å². The van der Waals surface area contributed by atoms with E-state index >= 15 is 0 Å². The van der Waals surface area contributed by atoms with Crippen LogP contribution in [0.1, 0.15) is 4.88 Å². The Morgan fingerprint density at radius 2 is 2.11 bits per heavy atom. The van der Waals surface area contributed by atoms with Gasteiger partial charge in [0.1, 0.15) is 0 Å². The van der Waals surface area contributed by atoms with E-state index in [2.05, 4.69) is 21.2 Å². The zero-order chi connectivity index (χ0) is 14.0. The minimum atomic E-state index is -3.23. The highest BCUT2D eigenvalue weighted by Gasteiger charge is 2.10. The summed E-state index contributed by atoms with van der Waals surface area (Å²) < 4.78 is 24.0. The molecule has 1 heterocycles. The summed E-state index contributed by atoms with van der Waals surface area (Å²) in [7, 11) is -3.23. The maximum Gasteiger partial charge on any atom is 0.175 e. The maximum atomic E-state index is 11.5. The highest BCUT2D eigenvalue weighted by atomic mass is 79.9. The lowest BCUT2D eigenvalue weighted by atomic mass is 10.3. The van der Waals surface area contributed by atoms with Crippen LogP contribution >= 0.6 is 38.9 Å². The van der Waals surface area contributed by atoms with Crippen LogP contribution in [-0.2, 0) is 16.4 Å². The maximum absolute atomic E-state index is 11.5. The van der Waals surface area contributed by atoms with Gasteiger partial charge in [-0.05, 0) is 45.6 Å². The van der Waals surface area contributed by atoms with E-state index in [9.17, 15) is 8.42 Å². The van der Waals surface area contributed by atoms with Crippen molar-refractivity contribution in [2.45, 2.75) is 11.4 Å². The van der Waals surface area contributed by atoms with E-state index in [0.29, 0.717) is 17.3 Å².